The van der Waals surface area contributed by atoms with Crippen LogP contribution in [0.2, 0.25) is 0 Å². The number of nitrogens with zero attached hydrogens (tertiary/aromatic N) is 1. The van der Waals surface area contributed by atoms with Crippen molar-refractivity contribution in [1.82, 2.24) is 15.5 Å². The molecule has 0 saturated carbocycles. The van der Waals surface area contributed by atoms with Gasteiger partial charge in [0.15, 0.2) is 0 Å². The first-order valence-corrected chi connectivity index (χ1v) is 9.47. The number of hydrogen-bond donors (Lipinski definition) is 2. The van der Waals surface area contributed by atoms with Crippen molar-refractivity contribution in [2.75, 3.05) is 19.6 Å². The number of thiophene rings is 1. The zero-order valence-electron chi connectivity index (χ0n) is 14.3. The zero-order valence-corrected chi connectivity index (χ0v) is 15.1. The summed E-state index contributed by atoms with van der Waals surface area (Å²) in [6.07, 6.45) is 1.42. The van der Waals surface area contributed by atoms with Crippen LogP contribution in [0.1, 0.15) is 32.9 Å². The third-order valence-electron chi connectivity index (χ3n) is 4.36. The molecule has 3 amide bonds. The maximum absolute atomic E-state index is 12.2. The molecule has 2 aromatic rings. The molecule has 1 fully saturated rings. The van der Waals surface area contributed by atoms with Gasteiger partial charge < -0.3 is 15.5 Å². The van der Waals surface area contributed by atoms with E-state index in [1.54, 1.807) is 29.2 Å². The fraction of sp³-hybridized carbons (Fsp3) is 0.316. The van der Waals surface area contributed by atoms with Gasteiger partial charge in [0, 0.05) is 24.7 Å². The fourth-order valence-electron chi connectivity index (χ4n) is 2.89. The van der Waals surface area contributed by atoms with Crippen LogP contribution in [-0.2, 0) is 4.79 Å². The monoisotopic (exact) mass is 371 g/mol. The Morgan fingerprint density at radius 3 is 2.38 bits per heavy atom. The van der Waals surface area contributed by atoms with Gasteiger partial charge in [-0.15, -0.1) is 11.3 Å². The van der Waals surface area contributed by atoms with Gasteiger partial charge >= 0.3 is 0 Å². The highest BCUT2D eigenvalue weighted by atomic mass is 32.1. The molecule has 0 aliphatic carbocycles. The Hall–Kier alpha value is -2.67. The quantitative estimate of drug-likeness (QED) is 0.843. The van der Waals surface area contributed by atoms with Crippen LogP contribution in [0.15, 0.2) is 47.8 Å². The molecule has 7 heteroatoms. The Kier molecular flexibility index (Phi) is 6.01. The average Bonchev–Trinajstić information content (AvgIpc) is 3.22. The third kappa shape index (κ3) is 4.70. The lowest BCUT2D eigenvalue weighted by atomic mass is 10.0. The number of hydrogen-bond acceptors (Lipinski definition) is 4. The fourth-order valence-corrected chi connectivity index (χ4v) is 3.53. The largest absolute Gasteiger partial charge is 0.349 e. The molecule has 1 aliphatic heterocycles. The van der Waals surface area contributed by atoms with E-state index in [0.717, 1.165) is 0 Å². The van der Waals surface area contributed by atoms with Crippen molar-refractivity contribution >= 4 is 29.1 Å². The zero-order chi connectivity index (χ0) is 18.4. The Morgan fingerprint density at radius 2 is 1.73 bits per heavy atom. The van der Waals surface area contributed by atoms with Crippen LogP contribution in [0.5, 0.6) is 0 Å². The van der Waals surface area contributed by atoms with Crippen molar-refractivity contribution in [2.45, 2.75) is 18.9 Å². The van der Waals surface area contributed by atoms with E-state index in [9.17, 15) is 14.4 Å². The molecule has 2 heterocycles. The standard InChI is InChI=1S/C19H21N3O3S/c23-17(13-20-19(25)16-7-4-12-26-16)22-10-8-15(9-11-22)21-18(24)14-5-2-1-3-6-14/h1-7,12,15H,8-11,13H2,(H,20,25)(H,21,24). The topological polar surface area (TPSA) is 78.5 Å². The second-order valence-corrected chi connectivity index (χ2v) is 7.10. The molecule has 26 heavy (non-hydrogen) atoms. The second-order valence-electron chi connectivity index (χ2n) is 6.15. The van der Waals surface area contributed by atoms with E-state index in [1.165, 1.54) is 11.3 Å². The first-order valence-electron chi connectivity index (χ1n) is 8.59. The van der Waals surface area contributed by atoms with Crippen LogP contribution in [-0.4, -0.2) is 48.3 Å². The van der Waals surface area contributed by atoms with Gasteiger partial charge in [-0.3, -0.25) is 14.4 Å². The Labute approximate surface area is 156 Å². The number of carbonyl (C=O) groups is 3. The number of amides is 3. The lowest BCUT2D eigenvalue weighted by Gasteiger charge is -2.32. The van der Waals surface area contributed by atoms with E-state index in [4.69, 9.17) is 0 Å². The first-order chi connectivity index (χ1) is 12.6. The highest BCUT2D eigenvalue weighted by Gasteiger charge is 2.24. The summed E-state index contributed by atoms with van der Waals surface area (Å²) in [4.78, 5) is 38.6. The highest BCUT2D eigenvalue weighted by Crippen LogP contribution is 2.12. The molecule has 1 aromatic carbocycles. The lowest BCUT2D eigenvalue weighted by Crippen LogP contribution is -2.49. The Morgan fingerprint density at radius 1 is 1.00 bits per heavy atom. The number of piperidine rings is 1. The van der Waals surface area contributed by atoms with Gasteiger partial charge in [0.05, 0.1) is 11.4 Å². The number of benzene rings is 1. The molecule has 1 aliphatic rings. The second kappa shape index (κ2) is 8.62. The molecule has 0 spiro atoms. The third-order valence-corrected chi connectivity index (χ3v) is 5.23. The van der Waals surface area contributed by atoms with Crippen LogP contribution in [0.3, 0.4) is 0 Å². The van der Waals surface area contributed by atoms with E-state index in [-0.39, 0.29) is 30.3 Å². The van der Waals surface area contributed by atoms with Gasteiger partial charge in [-0.1, -0.05) is 24.3 Å². The van der Waals surface area contributed by atoms with Crippen molar-refractivity contribution in [3.05, 3.63) is 58.3 Å². The lowest BCUT2D eigenvalue weighted by molar-refractivity contribution is -0.131. The van der Waals surface area contributed by atoms with E-state index < -0.39 is 0 Å². The minimum Gasteiger partial charge on any atom is -0.349 e. The summed E-state index contributed by atoms with van der Waals surface area (Å²) in [6.45, 7) is 1.15. The van der Waals surface area contributed by atoms with Crippen molar-refractivity contribution < 1.29 is 14.4 Å². The van der Waals surface area contributed by atoms with Crippen molar-refractivity contribution in [2.24, 2.45) is 0 Å². The van der Waals surface area contributed by atoms with Crippen molar-refractivity contribution in [3.63, 3.8) is 0 Å². The highest BCUT2D eigenvalue weighted by molar-refractivity contribution is 7.12. The maximum atomic E-state index is 12.2. The molecule has 1 aromatic heterocycles. The molecule has 6 nitrogen and oxygen atoms in total. The number of carbonyl (C=O) groups excluding carboxylic acids is 3. The normalized spacial score (nSPS) is 14.7. The van der Waals surface area contributed by atoms with Gasteiger partial charge in [0.1, 0.15) is 0 Å². The molecule has 136 valence electrons. The smallest absolute Gasteiger partial charge is 0.261 e. The van der Waals surface area contributed by atoms with Crippen LogP contribution in [0.4, 0.5) is 0 Å². The molecule has 0 bridgehead atoms. The van der Waals surface area contributed by atoms with Crippen LogP contribution < -0.4 is 10.6 Å². The van der Waals surface area contributed by atoms with E-state index in [2.05, 4.69) is 10.6 Å². The maximum Gasteiger partial charge on any atom is 0.261 e. The molecular weight excluding hydrogens is 350 g/mol. The van der Waals surface area contributed by atoms with Crippen molar-refractivity contribution in [1.29, 1.82) is 0 Å². The van der Waals surface area contributed by atoms with Crippen LogP contribution >= 0.6 is 11.3 Å². The predicted octanol–water partition coefficient (Wildman–Crippen LogP) is 1.90. The number of rotatable bonds is 5. The Bertz CT molecular complexity index is 754. The number of likely N-dealkylation sites (tertiary alicyclic amines) is 1. The van der Waals surface area contributed by atoms with Gasteiger partial charge in [-0.25, -0.2) is 0 Å². The average molecular weight is 371 g/mol. The molecule has 3 rings (SSSR count). The molecular formula is C19H21N3O3S. The summed E-state index contributed by atoms with van der Waals surface area (Å²) in [5.41, 5.74) is 0.641. The van der Waals surface area contributed by atoms with Gasteiger partial charge in [0.2, 0.25) is 5.91 Å². The van der Waals surface area contributed by atoms with E-state index in [1.807, 2.05) is 23.6 Å². The molecule has 1 saturated heterocycles. The molecule has 0 atom stereocenters. The number of nitrogens with one attached hydrogen (secondary N) is 2. The van der Waals surface area contributed by atoms with Crippen molar-refractivity contribution in [3.8, 4) is 0 Å². The summed E-state index contributed by atoms with van der Waals surface area (Å²) in [5, 5.41) is 7.50. The van der Waals surface area contributed by atoms with E-state index in [0.29, 0.717) is 36.4 Å². The van der Waals surface area contributed by atoms with Crippen LogP contribution in [0, 0.1) is 0 Å². The molecule has 0 radical (unpaired) electrons. The van der Waals surface area contributed by atoms with Gasteiger partial charge in [-0.05, 0) is 36.4 Å². The predicted molar refractivity (Wildman–Crippen MR) is 100 cm³/mol. The summed E-state index contributed by atoms with van der Waals surface area (Å²) >= 11 is 1.35. The minimum absolute atomic E-state index is 0.00221. The summed E-state index contributed by atoms with van der Waals surface area (Å²) in [5.74, 6) is -0.403. The summed E-state index contributed by atoms with van der Waals surface area (Å²) in [6, 6.07) is 12.7. The summed E-state index contributed by atoms with van der Waals surface area (Å²) in [7, 11) is 0. The minimum atomic E-state index is -0.224. The van der Waals surface area contributed by atoms with Gasteiger partial charge in [0.25, 0.3) is 11.8 Å². The Balaban J connectivity index is 1.41. The van der Waals surface area contributed by atoms with E-state index >= 15 is 0 Å². The molecule has 2 N–H and O–H groups in total. The SMILES string of the molecule is O=C(NC1CCN(C(=O)CNC(=O)c2cccs2)CC1)c1ccccc1. The van der Waals surface area contributed by atoms with Crippen LogP contribution in [0.25, 0.3) is 0 Å². The first kappa shape index (κ1) is 18.1. The molecule has 0 unspecified atom stereocenters. The van der Waals surface area contributed by atoms with Gasteiger partial charge in [-0.2, -0.15) is 0 Å². The summed E-state index contributed by atoms with van der Waals surface area (Å²) < 4.78 is 0.